The topological polar surface area (TPSA) is 37.4 Å². The maximum Gasteiger partial charge on any atom is 0.219 e. The zero-order chi connectivity index (χ0) is 11.1. The standard InChI is InChI=1S/C9H21NO2S/c1-8(2,3)10(7)13(11,12)9(4,5)6/h1-7H3. The van der Waals surface area contributed by atoms with E-state index in [0.717, 1.165) is 0 Å². The Hall–Kier alpha value is -0.0900. The van der Waals surface area contributed by atoms with Crippen LogP contribution in [0.15, 0.2) is 0 Å². The SMILES string of the molecule is CN(C(C)(C)C)S(=O)(=O)C(C)(C)C. The molecule has 0 fully saturated rings. The van der Waals surface area contributed by atoms with Crippen LogP contribution >= 0.6 is 0 Å². The van der Waals surface area contributed by atoms with Gasteiger partial charge in [-0.1, -0.05) is 0 Å². The third-order valence-electron chi connectivity index (χ3n) is 2.08. The molecule has 0 unspecified atom stereocenters. The molecule has 0 atom stereocenters. The lowest BCUT2D eigenvalue weighted by Gasteiger charge is -2.36. The second kappa shape index (κ2) is 3.24. The van der Waals surface area contributed by atoms with Crippen LogP contribution in [-0.4, -0.2) is 30.1 Å². The van der Waals surface area contributed by atoms with Gasteiger partial charge < -0.3 is 0 Å². The molecule has 0 aromatic rings. The summed E-state index contributed by atoms with van der Waals surface area (Å²) in [5, 5.41) is 0. The largest absolute Gasteiger partial charge is 0.219 e. The summed E-state index contributed by atoms with van der Waals surface area (Å²) in [5.41, 5.74) is -0.355. The predicted octanol–water partition coefficient (Wildman–Crippen LogP) is 1.85. The van der Waals surface area contributed by atoms with E-state index in [1.165, 1.54) is 4.31 Å². The average Bonchev–Trinajstić information content (AvgIpc) is 1.81. The molecule has 0 aromatic heterocycles. The van der Waals surface area contributed by atoms with Crippen LogP contribution in [0.3, 0.4) is 0 Å². The number of sulfonamides is 1. The van der Waals surface area contributed by atoms with Gasteiger partial charge in [0.1, 0.15) is 0 Å². The number of nitrogens with zero attached hydrogens (tertiary/aromatic N) is 1. The predicted molar refractivity (Wildman–Crippen MR) is 56.2 cm³/mol. The zero-order valence-electron chi connectivity index (χ0n) is 9.67. The van der Waals surface area contributed by atoms with E-state index in [4.69, 9.17) is 0 Å². The molecule has 0 rings (SSSR count). The normalized spacial score (nSPS) is 15.1. The molecule has 80 valence electrons. The molecule has 0 N–H and O–H groups in total. The van der Waals surface area contributed by atoms with Crippen LogP contribution in [0.2, 0.25) is 0 Å². The Balaban J connectivity index is 5.12. The molecule has 0 radical (unpaired) electrons. The summed E-state index contributed by atoms with van der Waals surface area (Å²) in [5.74, 6) is 0. The molecule has 0 saturated heterocycles. The Morgan fingerprint density at radius 3 is 1.31 bits per heavy atom. The van der Waals surface area contributed by atoms with E-state index in [1.54, 1.807) is 27.8 Å². The smallest absolute Gasteiger partial charge is 0.212 e. The first kappa shape index (κ1) is 12.9. The van der Waals surface area contributed by atoms with Gasteiger partial charge in [0.15, 0.2) is 0 Å². The summed E-state index contributed by atoms with van der Waals surface area (Å²) in [6.45, 7) is 10.8. The van der Waals surface area contributed by atoms with Crippen molar-refractivity contribution in [1.82, 2.24) is 4.31 Å². The van der Waals surface area contributed by atoms with E-state index in [2.05, 4.69) is 0 Å². The highest BCUT2D eigenvalue weighted by Gasteiger charge is 2.38. The lowest BCUT2D eigenvalue weighted by atomic mass is 10.1. The van der Waals surface area contributed by atoms with Gasteiger partial charge in [-0.3, -0.25) is 0 Å². The fourth-order valence-corrected chi connectivity index (χ4v) is 2.31. The van der Waals surface area contributed by atoms with Gasteiger partial charge in [-0.25, -0.2) is 8.42 Å². The van der Waals surface area contributed by atoms with Crippen LogP contribution in [0, 0.1) is 0 Å². The molecule has 0 aromatic carbocycles. The van der Waals surface area contributed by atoms with Crippen LogP contribution in [0.25, 0.3) is 0 Å². The first-order chi connectivity index (χ1) is 5.40. The molecular formula is C9H21NO2S. The van der Waals surface area contributed by atoms with Crippen LogP contribution in [0.5, 0.6) is 0 Å². The van der Waals surface area contributed by atoms with E-state index in [-0.39, 0.29) is 5.54 Å². The molecule has 0 amide bonds. The van der Waals surface area contributed by atoms with Gasteiger partial charge in [-0.2, -0.15) is 4.31 Å². The molecule has 13 heavy (non-hydrogen) atoms. The molecule has 0 saturated carbocycles. The summed E-state index contributed by atoms with van der Waals surface area (Å²) < 4.78 is 24.6. The number of hydrogen-bond donors (Lipinski definition) is 0. The molecule has 0 spiro atoms. The first-order valence-electron chi connectivity index (χ1n) is 4.39. The maximum absolute atomic E-state index is 11.9. The Bertz CT molecular complexity index is 267. The van der Waals surface area contributed by atoms with Crippen molar-refractivity contribution in [3.05, 3.63) is 0 Å². The van der Waals surface area contributed by atoms with E-state index in [9.17, 15) is 8.42 Å². The van der Waals surface area contributed by atoms with Gasteiger partial charge >= 0.3 is 0 Å². The van der Waals surface area contributed by atoms with Crippen LogP contribution < -0.4 is 0 Å². The van der Waals surface area contributed by atoms with Gasteiger partial charge in [-0.15, -0.1) is 0 Å². The average molecular weight is 207 g/mol. The molecule has 0 heterocycles. The zero-order valence-corrected chi connectivity index (χ0v) is 10.5. The van der Waals surface area contributed by atoms with Gasteiger partial charge in [-0.05, 0) is 41.5 Å². The minimum atomic E-state index is -3.20. The van der Waals surface area contributed by atoms with Crippen molar-refractivity contribution in [2.75, 3.05) is 7.05 Å². The monoisotopic (exact) mass is 207 g/mol. The number of rotatable bonds is 1. The molecule has 4 heteroatoms. The van der Waals surface area contributed by atoms with Crippen molar-refractivity contribution in [2.24, 2.45) is 0 Å². The van der Waals surface area contributed by atoms with Crippen LogP contribution in [0.1, 0.15) is 41.5 Å². The number of hydrogen-bond acceptors (Lipinski definition) is 2. The molecule has 3 nitrogen and oxygen atoms in total. The fraction of sp³-hybridized carbons (Fsp3) is 1.00. The van der Waals surface area contributed by atoms with E-state index >= 15 is 0 Å². The molecular weight excluding hydrogens is 186 g/mol. The summed E-state index contributed by atoms with van der Waals surface area (Å²) >= 11 is 0. The minimum absolute atomic E-state index is 0.355. The van der Waals surface area contributed by atoms with Gasteiger partial charge in [0.25, 0.3) is 0 Å². The summed E-state index contributed by atoms with van der Waals surface area (Å²) in [6.07, 6.45) is 0. The van der Waals surface area contributed by atoms with Crippen molar-refractivity contribution >= 4 is 10.0 Å². The second-order valence-electron chi connectivity index (χ2n) is 5.26. The Kier molecular flexibility index (Phi) is 3.22. The highest BCUT2D eigenvalue weighted by Crippen LogP contribution is 2.25. The van der Waals surface area contributed by atoms with Crippen molar-refractivity contribution in [1.29, 1.82) is 0 Å². The van der Waals surface area contributed by atoms with Gasteiger partial charge in [0.05, 0.1) is 4.75 Å². The fourth-order valence-electron chi connectivity index (χ4n) is 0.771. The Morgan fingerprint density at radius 2 is 1.23 bits per heavy atom. The first-order valence-corrected chi connectivity index (χ1v) is 5.83. The van der Waals surface area contributed by atoms with Crippen molar-refractivity contribution in [3.8, 4) is 0 Å². The Labute approximate surface area is 82.2 Å². The highest BCUT2D eigenvalue weighted by molar-refractivity contribution is 7.90. The molecule has 0 aliphatic rings. The van der Waals surface area contributed by atoms with Gasteiger partial charge in [0, 0.05) is 12.6 Å². The molecule has 0 aliphatic carbocycles. The summed E-state index contributed by atoms with van der Waals surface area (Å²) in [6, 6.07) is 0. The summed E-state index contributed by atoms with van der Waals surface area (Å²) in [7, 11) is -1.58. The van der Waals surface area contributed by atoms with Crippen molar-refractivity contribution < 1.29 is 8.42 Å². The van der Waals surface area contributed by atoms with E-state index in [1.807, 2.05) is 20.8 Å². The van der Waals surface area contributed by atoms with Crippen LogP contribution in [0.4, 0.5) is 0 Å². The van der Waals surface area contributed by atoms with Crippen LogP contribution in [-0.2, 0) is 10.0 Å². The quantitative estimate of drug-likeness (QED) is 0.658. The van der Waals surface area contributed by atoms with E-state index < -0.39 is 14.8 Å². The van der Waals surface area contributed by atoms with Crippen molar-refractivity contribution in [3.63, 3.8) is 0 Å². The minimum Gasteiger partial charge on any atom is -0.212 e. The third kappa shape index (κ3) is 2.68. The third-order valence-corrected chi connectivity index (χ3v) is 4.90. The van der Waals surface area contributed by atoms with E-state index in [0.29, 0.717) is 0 Å². The molecule has 0 bridgehead atoms. The van der Waals surface area contributed by atoms with Gasteiger partial charge in [0.2, 0.25) is 10.0 Å². The summed E-state index contributed by atoms with van der Waals surface area (Å²) in [4.78, 5) is 0. The van der Waals surface area contributed by atoms with Crippen molar-refractivity contribution in [2.45, 2.75) is 51.8 Å². The lowest BCUT2D eigenvalue weighted by molar-refractivity contribution is 0.284. The maximum atomic E-state index is 11.9. The second-order valence-corrected chi connectivity index (χ2v) is 7.98. The Morgan fingerprint density at radius 1 is 0.923 bits per heavy atom. The lowest BCUT2D eigenvalue weighted by Crippen LogP contribution is -2.49. The highest BCUT2D eigenvalue weighted by atomic mass is 32.2. The molecule has 0 aliphatic heterocycles.